The first kappa shape index (κ1) is 14.4. The van der Waals surface area contributed by atoms with Crippen molar-refractivity contribution in [3.05, 3.63) is 27.2 Å². The van der Waals surface area contributed by atoms with E-state index in [2.05, 4.69) is 6.07 Å². The molecule has 0 N–H and O–H groups in total. The Kier molecular flexibility index (Phi) is 4.94. The predicted molar refractivity (Wildman–Crippen MR) is 71.0 cm³/mol. The second-order valence-corrected chi connectivity index (χ2v) is 5.54. The Balaban J connectivity index is 2.68. The van der Waals surface area contributed by atoms with Crippen LogP contribution in [0, 0.1) is 16.7 Å². The maximum Gasteiger partial charge on any atom is 0.156 e. The first-order valence-corrected chi connectivity index (χ1v) is 6.18. The van der Waals surface area contributed by atoms with Crippen molar-refractivity contribution in [3.8, 4) is 11.8 Å². The van der Waals surface area contributed by atoms with Crippen LogP contribution >= 0.6 is 34.8 Å². The summed E-state index contributed by atoms with van der Waals surface area (Å²) in [6, 6.07) is 5.34. The third-order valence-electron chi connectivity index (χ3n) is 2.24. The molecule has 0 aliphatic carbocycles. The Bertz CT molecular complexity index is 429. The average molecular weight is 293 g/mol. The largest absolute Gasteiger partial charge is 0.490 e. The van der Waals surface area contributed by atoms with E-state index in [9.17, 15) is 0 Å². The van der Waals surface area contributed by atoms with Gasteiger partial charge in [0.25, 0.3) is 0 Å². The summed E-state index contributed by atoms with van der Waals surface area (Å²) in [6.07, 6.45) is 0.596. The number of benzene rings is 1. The average Bonchev–Trinajstić information content (AvgIpc) is 2.22. The second kappa shape index (κ2) is 5.82. The Hall–Kier alpha value is -0.620. The zero-order valence-corrected chi connectivity index (χ0v) is 11.8. The number of ether oxygens (including phenoxy) is 1. The topological polar surface area (TPSA) is 33.0 Å². The lowest BCUT2D eigenvalue weighted by Crippen LogP contribution is -2.13. The van der Waals surface area contributed by atoms with Gasteiger partial charge in [0.05, 0.1) is 28.1 Å². The van der Waals surface area contributed by atoms with Crippen LogP contribution in [0.5, 0.6) is 5.75 Å². The molecule has 0 aromatic heterocycles. The number of nitriles is 1. The molecule has 0 fully saturated rings. The summed E-state index contributed by atoms with van der Waals surface area (Å²) in [5.74, 6) is 0.409. The van der Waals surface area contributed by atoms with Crippen LogP contribution in [0.3, 0.4) is 0 Å². The lowest BCUT2D eigenvalue weighted by atomic mass is 9.92. The fourth-order valence-electron chi connectivity index (χ4n) is 1.13. The molecule has 0 aliphatic heterocycles. The molecule has 92 valence electrons. The molecular weight excluding hydrogens is 280 g/mol. The minimum atomic E-state index is -0.425. The van der Waals surface area contributed by atoms with Gasteiger partial charge in [-0.1, -0.05) is 34.8 Å². The molecule has 0 radical (unpaired) electrons. The van der Waals surface area contributed by atoms with Crippen LogP contribution in [-0.2, 0) is 0 Å². The molecule has 0 aliphatic rings. The first-order valence-electron chi connectivity index (χ1n) is 5.04. The van der Waals surface area contributed by atoms with E-state index in [1.165, 1.54) is 0 Å². The predicted octanol–water partition coefficient (Wildman–Crippen LogP) is 4.97. The molecule has 1 aromatic carbocycles. The Morgan fingerprint density at radius 3 is 2.24 bits per heavy atom. The van der Waals surface area contributed by atoms with E-state index in [0.29, 0.717) is 33.8 Å². The fourth-order valence-corrected chi connectivity index (χ4v) is 2.06. The Morgan fingerprint density at radius 1 is 1.24 bits per heavy atom. The molecule has 0 unspecified atom stereocenters. The van der Waals surface area contributed by atoms with Crippen molar-refractivity contribution in [2.24, 2.45) is 5.41 Å². The zero-order valence-electron chi connectivity index (χ0n) is 9.56. The van der Waals surface area contributed by atoms with Gasteiger partial charge in [-0.15, -0.1) is 0 Å². The van der Waals surface area contributed by atoms with Gasteiger partial charge in [-0.25, -0.2) is 0 Å². The van der Waals surface area contributed by atoms with Gasteiger partial charge < -0.3 is 4.74 Å². The highest BCUT2D eigenvalue weighted by Crippen LogP contribution is 2.36. The Morgan fingerprint density at radius 2 is 1.76 bits per heavy atom. The van der Waals surface area contributed by atoms with Crippen molar-refractivity contribution in [1.29, 1.82) is 5.26 Å². The maximum absolute atomic E-state index is 8.86. The van der Waals surface area contributed by atoms with Crippen molar-refractivity contribution in [2.45, 2.75) is 20.3 Å². The maximum atomic E-state index is 8.86. The van der Waals surface area contributed by atoms with Crippen LogP contribution in [0.25, 0.3) is 0 Å². The number of rotatable bonds is 4. The molecule has 0 atom stereocenters. The van der Waals surface area contributed by atoms with E-state index in [0.717, 1.165) is 0 Å². The van der Waals surface area contributed by atoms with Crippen molar-refractivity contribution in [3.63, 3.8) is 0 Å². The van der Waals surface area contributed by atoms with E-state index >= 15 is 0 Å². The quantitative estimate of drug-likeness (QED) is 0.785. The molecule has 0 amide bonds. The number of hydrogen-bond donors (Lipinski definition) is 0. The van der Waals surface area contributed by atoms with Crippen LogP contribution in [-0.4, -0.2) is 6.61 Å². The summed E-state index contributed by atoms with van der Waals surface area (Å²) in [5.41, 5.74) is -0.425. The fraction of sp³-hybridized carbons (Fsp3) is 0.417. The summed E-state index contributed by atoms with van der Waals surface area (Å²) in [6.45, 7) is 4.07. The van der Waals surface area contributed by atoms with Gasteiger partial charge in [-0.3, -0.25) is 0 Å². The third-order valence-corrected chi connectivity index (χ3v) is 3.02. The van der Waals surface area contributed by atoms with Gasteiger partial charge in [0.1, 0.15) is 0 Å². The molecule has 5 heteroatoms. The summed E-state index contributed by atoms with van der Waals surface area (Å²) in [5, 5.41) is 10.1. The lowest BCUT2D eigenvalue weighted by molar-refractivity contribution is 0.264. The summed E-state index contributed by atoms with van der Waals surface area (Å²) in [4.78, 5) is 0. The molecule has 17 heavy (non-hydrogen) atoms. The van der Waals surface area contributed by atoms with E-state index in [4.69, 9.17) is 44.8 Å². The van der Waals surface area contributed by atoms with Crippen LogP contribution in [0.4, 0.5) is 0 Å². The highest BCUT2D eigenvalue weighted by molar-refractivity contribution is 6.40. The minimum absolute atomic E-state index is 0.372. The minimum Gasteiger partial charge on any atom is -0.490 e. The molecule has 1 rings (SSSR count). The third kappa shape index (κ3) is 4.27. The molecule has 1 aromatic rings. The van der Waals surface area contributed by atoms with Gasteiger partial charge in [-0.2, -0.15) is 5.26 Å². The number of nitrogens with zero attached hydrogens (tertiary/aromatic N) is 1. The molecule has 0 saturated carbocycles. The molecule has 0 heterocycles. The summed E-state index contributed by atoms with van der Waals surface area (Å²) in [7, 11) is 0. The smallest absolute Gasteiger partial charge is 0.156 e. The summed E-state index contributed by atoms with van der Waals surface area (Å²) < 4.78 is 5.49. The van der Waals surface area contributed by atoms with Crippen LogP contribution in [0.15, 0.2) is 12.1 Å². The van der Waals surface area contributed by atoms with Crippen molar-refractivity contribution in [2.75, 3.05) is 6.61 Å². The van der Waals surface area contributed by atoms with Crippen molar-refractivity contribution < 1.29 is 4.74 Å². The van der Waals surface area contributed by atoms with Crippen LogP contribution in [0.1, 0.15) is 20.3 Å². The van der Waals surface area contributed by atoms with Gasteiger partial charge in [-0.05, 0) is 32.4 Å². The van der Waals surface area contributed by atoms with Crippen molar-refractivity contribution in [1.82, 2.24) is 0 Å². The van der Waals surface area contributed by atoms with Crippen LogP contribution in [0.2, 0.25) is 15.1 Å². The second-order valence-electron chi connectivity index (χ2n) is 4.29. The SMILES string of the molecule is CC(C)(C#N)CCOc1c(Cl)cc(Cl)cc1Cl. The molecule has 0 saturated heterocycles. The van der Waals surface area contributed by atoms with Crippen molar-refractivity contribution >= 4 is 34.8 Å². The normalized spacial score (nSPS) is 11.1. The lowest BCUT2D eigenvalue weighted by Gasteiger charge is -2.16. The summed E-state index contributed by atoms with van der Waals surface area (Å²) >= 11 is 17.7. The van der Waals surface area contributed by atoms with Gasteiger partial charge >= 0.3 is 0 Å². The Labute approximate surface area is 116 Å². The van der Waals surface area contributed by atoms with E-state index < -0.39 is 5.41 Å². The zero-order chi connectivity index (χ0) is 13.1. The van der Waals surface area contributed by atoms with Gasteiger partial charge in [0.15, 0.2) is 5.75 Å². The van der Waals surface area contributed by atoms with Gasteiger partial charge in [0.2, 0.25) is 0 Å². The highest BCUT2D eigenvalue weighted by atomic mass is 35.5. The van der Waals surface area contributed by atoms with E-state index in [-0.39, 0.29) is 0 Å². The van der Waals surface area contributed by atoms with E-state index in [1.807, 2.05) is 13.8 Å². The van der Waals surface area contributed by atoms with Gasteiger partial charge in [0, 0.05) is 5.02 Å². The number of halogens is 3. The first-order chi connectivity index (χ1) is 7.85. The molecule has 0 spiro atoms. The standard InChI is InChI=1S/C12H12Cl3NO/c1-12(2,7-16)3-4-17-11-9(14)5-8(13)6-10(11)15/h5-6H,3-4H2,1-2H3. The molecule has 2 nitrogen and oxygen atoms in total. The monoisotopic (exact) mass is 291 g/mol. The number of hydrogen-bond acceptors (Lipinski definition) is 2. The molecular formula is C12H12Cl3NO. The molecule has 0 bridgehead atoms. The van der Waals surface area contributed by atoms with E-state index in [1.54, 1.807) is 12.1 Å². The highest BCUT2D eigenvalue weighted by Gasteiger charge is 2.17. The van der Waals surface area contributed by atoms with Crippen LogP contribution < -0.4 is 4.74 Å².